The lowest BCUT2D eigenvalue weighted by molar-refractivity contribution is -0.129. The summed E-state index contributed by atoms with van der Waals surface area (Å²) in [6.45, 7) is 6.99. The van der Waals surface area contributed by atoms with Crippen LogP contribution in [0.2, 0.25) is 0 Å². The van der Waals surface area contributed by atoms with Gasteiger partial charge in [-0.25, -0.2) is 27.2 Å². The van der Waals surface area contributed by atoms with E-state index in [0.29, 0.717) is 68.9 Å². The second-order valence-corrected chi connectivity index (χ2v) is 13.2. The van der Waals surface area contributed by atoms with Crippen molar-refractivity contribution in [2.75, 3.05) is 76.2 Å². The van der Waals surface area contributed by atoms with Gasteiger partial charge in [0.25, 0.3) is 5.92 Å². The fraction of sp³-hybridized carbons (Fsp3) is 0.833. The summed E-state index contributed by atoms with van der Waals surface area (Å²) in [6.07, 6.45) is 8.67. The number of alkyl halides is 2. The van der Waals surface area contributed by atoms with Crippen LogP contribution in [0.5, 0.6) is 5.88 Å². The third kappa shape index (κ3) is 6.25. The molecule has 36 heavy (non-hydrogen) atoms. The van der Waals surface area contributed by atoms with Gasteiger partial charge in [0.2, 0.25) is 15.9 Å². The van der Waals surface area contributed by atoms with Gasteiger partial charge in [0.1, 0.15) is 5.82 Å². The van der Waals surface area contributed by atoms with E-state index in [9.17, 15) is 17.2 Å². The Kier molecular flexibility index (Phi) is 7.41. The number of sulfonamides is 1. The first-order chi connectivity index (χ1) is 17.1. The van der Waals surface area contributed by atoms with Gasteiger partial charge in [-0.1, -0.05) is 0 Å². The average Bonchev–Trinajstić information content (AvgIpc) is 3.60. The number of rotatable bonds is 10. The lowest BCUT2D eigenvalue weighted by Crippen LogP contribution is -2.56. The lowest BCUT2D eigenvalue weighted by Gasteiger charge is -2.39. The first kappa shape index (κ1) is 26.0. The van der Waals surface area contributed by atoms with E-state index >= 15 is 0 Å². The van der Waals surface area contributed by atoms with Crippen molar-refractivity contribution < 1.29 is 21.9 Å². The van der Waals surface area contributed by atoms with Crippen LogP contribution in [0.4, 0.5) is 14.6 Å². The topological polar surface area (TPSA) is 82.1 Å². The van der Waals surface area contributed by atoms with Crippen molar-refractivity contribution in [3.05, 3.63) is 12.4 Å². The van der Waals surface area contributed by atoms with E-state index in [-0.39, 0.29) is 18.8 Å². The third-order valence-corrected chi connectivity index (χ3v) is 10.1. The molecule has 4 fully saturated rings. The molecule has 3 aliphatic heterocycles. The van der Waals surface area contributed by atoms with Crippen molar-refractivity contribution in [2.45, 2.75) is 50.5 Å². The van der Waals surface area contributed by atoms with Crippen LogP contribution >= 0.6 is 0 Å². The highest BCUT2D eigenvalue weighted by atomic mass is 32.2. The molecule has 1 saturated carbocycles. The Labute approximate surface area is 212 Å². The number of nitrogens with zero attached hydrogens (tertiary/aromatic N) is 6. The van der Waals surface area contributed by atoms with Crippen molar-refractivity contribution in [1.29, 1.82) is 0 Å². The van der Waals surface area contributed by atoms with Gasteiger partial charge in [0, 0.05) is 31.7 Å². The maximum Gasteiger partial charge on any atom is 0.272 e. The molecule has 1 aliphatic carbocycles. The van der Waals surface area contributed by atoms with Crippen LogP contribution in [0.1, 0.15) is 39.0 Å². The fourth-order valence-electron chi connectivity index (χ4n) is 5.45. The zero-order valence-corrected chi connectivity index (χ0v) is 21.9. The molecule has 3 saturated heterocycles. The molecule has 202 valence electrons. The molecular formula is C24H38F2N6O3S. The van der Waals surface area contributed by atoms with Crippen molar-refractivity contribution in [1.82, 2.24) is 24.1 Å². The molecule has 0 aromatic carbocycles. The molecule has 4 aliphatic rings. The Hall–Kier alpha value is -1.63. The predicted octanol–water partition coefficient (Wildman–Crippen LogP) is 1.91. The molecule has 4 heterocycles. The highest BCUT2D eigenvalue weighted by Crippen LogP contribution is 2.42. The van der Waals surface area contributed by atoms with Crippen molar-refractivity contribution in [3.63, 3.8) is 0 Å². The van der Waals surface area contributed by atoms with Crippen LogP contribution in [-0.4, -0.2) is 115 Å². The Bertz CT molecular complexity index is 984. The minimum Gasteiger partial charge on any atom is -0.476 e. The zero-order chi connectivity index (χ0) is 25.4. The number of piperazine rings is 1. The molecule has 0 radical (unpaired) electrons. The quantitative estimate of drug-likeness (QED) is 0.456. The molecule has 1 aromatic heterocycles. The van der Waals surface area contributed by atoms with Crippen molar-refractivity contribution in [2.24, 2.45) is 5.92 Å². The smallest absolute Gasteiger partial charge is 0.272 e. The Morgan fingerprint density at radius 1 is 1.03 bits per heavy atom. The van der Waals surface area contributed by atoms with Crippen molar-refractivity contribution in [3.8, 4) is 5.88 Å². The zero-order valence-electron chi connectivity index (χ0n) is 21.1. The molecule has 0 atom stereocenters. The number of ether oxygens (including phenoxy) is 1. The van der Waals surface area contributed by atoms with Crippen LogP contribution in [0, 0.1) is 5.92 Å². The molecule has 0 amide bonds. The molecule has 0 unspecified atom stereocenters. The van der Waals surface area contributed by atoms with Crippen LogP contribution in [-0.2, 0) is 10.0 Å². The third-order valence-electron chi connectivity index (χ3n) is 8.18. The number of halogens is 2. The van der Waals surface area contributed by atoms with E-state index in [1.165, 1.54) is 17.1 Å². The van der Waals surface area contributed by atoms with Crippen LogP contribution < -0.4 is 9.64 Å². The largest absolute Gasteiger partial charge is 0.476 e. The molecule has 9 nitrogen and oxygen atoms in total. The highest BCUT2D eigenvalue weighted by molar-refractivity contribution is 7.89. The second-order valence-electron chi connectivity index (χ2n) is 11.1. The number of likely N-dealkylation sites (tertiary alicyclic amines) is 2. The van der Waals surface area contributed by atoms with Crippen molar-refractivity contribution >= 4 is 15.8 Å². The molecule has 0 N–H and O–H groups in total. The number of anilines is 1. The number of piperidine rings is 1. The number of hydrogen-bond donors (Lipinski definition) is 0. The average molecular weight is 529 g/mol. The minimum absolute atomic E-state index is 0.0146. The van der Waals surface area contributed by atoms with Gasteiger partial charge in [-0.05, 0) is 64.6 Å². The number of hydrogen-bond acceptors (Lipinski definition) is 8. The van der Waals surface area contributed by atoms with E-state index in [4.69, 9.17) is 4.74 Å². The minimum atomic E-state index is -3.40. The first-order valence-corrected chi connectivity index (χ1v) is 14.8. The maximum absolute atomic E-state index is 12.9. The summed E-state index contributed by atoms with van der Waals surface area (Å²) >= 11 is 0. The van der Waals surface area contributed by atoms with Gasteiger partial charge in [-0.3, -0.25) is 9.80 Å². The van der Waals surface area contributed by atoms with Crippen LogP contribution in [0.3, 0.4) is 0 Å². The van der Waals surface area contributed by atoms with E-state index in [1.807, 2.05) is 4.90 Å². The molecule has 0 bridgehead atoms. The van der Waals surface area contributed by atoms with Gasteiger partial charge in [0.15, 0.2) is 0 Å². The van der Waals surface area contributed by atoms with Gasteiger partial charge >= 0.3 is 0 Å². The lowest BCUT2D eigenvalue weighted by atomic mass is 9.96. The van der Waals surface area contributed by atoms with E-state index < -0.39 is 15.9 Å². The summed E-state index contributed by atoms with van der Waals surface area (Å²) in [5.74, 6) is -0.847. The van der Waals surface area contributed by atoms with Gasteiger partial charge < -0.3 is 9.64 Å². The Morgan fingerprint density at radius 2 is 1.72 bits per heavy atom. The molecule has 1 aromatic rings. The summed E-state index contributed by atoms with van der Waals surface area (Å²) in [6, 6.07) is 0. The highest BCUT2D eigenvalue weighted by Gasteiger charge is 2.44. The van der Waals surface area contributed by atoms with E-state index in [2.05, 4.69) is 21.8 Å². The van der Waals surface area contributed by atoms with E-state index in [0.717, 1.165) is 25.9 Å². The summed E-state index contributed by atoms with van der Waals surface area (Å²) in [4.78, 5) is 15.2. The van der Waals surface area contributed by atoms with Crippen LogP contribution in [0.25, 0.3) is 0 Å². The van der Waals surface area contributed by atoms with E-state index in [1.54, 1.807) is 17.3 Å². The monoisotopic (exact) mass is 528 g/mol. The first-order valence-electron chi connectivity index (χ1n) is 13.1. The molecule has 12 heteroatoms. The SMILES string of the molecule is CC1(N2CCC(COc3cnc(N4CCN(S(=O)(=O)CCCN5CC(F)(F)C5)CC4)cn3)CC2)CC1. The normalized spacial score (nSPS) is 25.5. The molecule has 0 spiro atoms. The fourth-order valence-corrected chi connectivity index (χ4v) is 6.92. The number of aromatic nitrogens is 2. The second kappa shape index (κ2) is 10.3. The van der Waals surface area contributed by atoms with Gasteiger partial charge in [0.05, 0.1) is 37.8 Å². The Morgan fingerprint density at radius 3 is 2.31 bits per heavy atom. The standard InChI is InChI=1S/C24H38F2N6O3S/c1-23(5-6-23)31-8-3-20(4-9-31)17-35-22-16-27-21(15-28-22)30-10-12-32(13-11-30)36(33,34)14-2-7-29-18-24(25,26)19-29/h15-16,20H,2-14,17-19H2,1H3. The van der Waals surface area contributed by atoms with Crippen LogP contribution in [0.15, 0.2) is 12.4 Å². The summed E-state index contributed by atoms with van der Waals surface area (Å²) in [7, 11) is -3.40. The molecule has 5 rings (SSSR count). The summed E-state index contributed by atoms with van der Waals surface area (Å²) < 4.78 is 58.5. The molecular weight excluding hydrogens is 490 g/mol. The summed E-state index contributed by atoms with van der Waals surface area (Å²) in [5, 5.41) is 0. The maximum atomic E-state index is 12.9. The Balaban J connectivity index is 1.01. The predicted molar refractivity (Wildman–Crippen MR) is 133 cm³/mol. The van der Waals surface area contributed by atoms with Gasteiger partial charge in [-0.2, -0.15) is 4.31 Å². The summed E-state index contributed by atoms with van der Waals surface area (Å²) in [5.41, 5.74) is 0.458. The van der Waals surface area contributed by atoms with Gasteiger partial charge in [-0.15, -0.1) is 0 Å².